The number of rotatable bonds is 10. The van der Waals surface area contributed by atoms with Crippen LogP contribution < -0.4 is 16.0 Å². The van der Waals surface area contributed by atoms with Crippen molar-refractivity contribution in [3.63, 3.8) is 0 Å². The Balaban J connectivity index is 1.84. The van der Waals surface area contributed by atoms with Crippen LogP contribution >= 0.6 is 11.8 Å². The van der Waals surface area contributed by atoms with Crippen LogP contribution in [0.3, 0.4) is 0 Å². The van der Waals surface area contributed by atoms with Gasteiger partial charge in [0.1, 0.15) is 5.03 Å². The summed E-state index contributed by atoms with van der Waals surface area (Å²) in [5.41, 5.74) is 9.75. The van der Waals surface area contributed by atoms with Crippen molar-refractivity contribution < 1.29 is 9.59 Å². The van der Waals surface area contributed by atoms with Gasteiger partial charge in [0, 0.05) is 31.0 Å². The molecule has 1 aromatic heterocycles. The molecule has 0 atom stereocenters. The van der Waals surface area contributed by atoms with E-state index in [-0.39, 0.29) is 11.7 Å². The number of carbonyl (C=O) groups is 2. The number of nitrogens with two attached hydrogens (primary N) is 1. The Morgan fingerprint density at radius 2 is 1.83 bits per heavy atom. The molecule has 1 heterocycles. The molecule has 0 bridgehead atoms. The zero-order valence-corrected chi connectivity index (χ0v) is 18.4. The van der Waals surface area contributed by atoms with Gasteiger partial charge in [0.05, 0.1) is 11.3 Å². The standard InChI is InChI=1S/C22H30N4O2S/c1-5-26(18-10-7-6-8-11-18)13-9-12-24-19(27)14-29-22-20(21(23)28)16(3)15(2)17(4)25-22/h6-8,10-11H,5,9,12-14H2,1-4H3,(H2,23,28)(H,24,27). The lowest BCUT2D eigenvalue weighted by atomic mass is 10.0. The number of pyridine rings is 1. The van der Waals surface area contributed by atoms with Crippen molar-refractivity contribution in [3.8, 4) is 0 Å². The number of aromatic nitrogens is 1. The maximum Gasteiger partial charge on any atom is 0.251 e. The minimum absolute atomic E-state index is 0.0779. The van der Waals surface area contributed by atoms with Crippen molar-refractivity contribution in [3.05, 3.63) is 52.7 Å². The number of thioether (sulfide) groups is 1. The molecule has 156 valence electrons. The summed E-state index contributed by atoms with van der Waals surface area (Å²) >= 11 is 1.25. The molecule has 0 fully saturated rings. The highest BCUT2D eigenvalue weighted by molar-refractivity contribution is 8.00. The van der Waals surface area contributed by atoms with Gasteiger partial charge in [-0.3, -0.25) is 9.59 Å². The number of primary amides is 1. The fourth-order valence-corrected chi connectivity index (χ4v) is 4.07. The van der Waals surface area contributed by atoms with E-state index in [2.05, 4.69) is 34.3 Å². The first-order chi connectivity index (χ1) is 13.8. The number of hydrogen-bond acceptors (Lipinski definition) is 5. The topological polar surface area (TPSA) is 88.3 Å². The molecule has 0 radical (unpaired) electrons. The number of nitrogens with one attached hydrogen (secondary N) is 1. The molecule has 2 rings (SSSR count). The van der Waals surface area contributed by atoms with Gasteiger partial charge >= 0.3 is 0 Å². The summed E-state index contributed by atoms with van der Waals surface area (Å²) in [5.74, 6) is -0.391. The first kappa shape index (κ1) is 22.7. The Hall–Kier alpha value is -2.54. The SMILES string of the molecule is CCN(CCCNC(=O)CSc1nc(C)c(C)c(C)c1C(N)=O)c1ccccc1. The van der Waals surface area contributed by atoms with Gasteiger partial charge in [0.2, 0.25) is 5.91 Å². The summed E-state index contributed by atoms with van der Waals surface area (Å²) in [6, 6.07) is 10.2. The van der Waals surface area contributed by atoms with Gasteiger partial charge in [-0.2, -0.15) is 0 Å². The third kappa shape index (κ3) is 6.22. The minimum atomic E-state index is -0.512. The van der Waals surface area contributed by atoms with Gasteiger partial charge in [-0.25, -0.2) is 4.98 Å². The zero-order valence-electron chi connectivity index (χ0n) is 17.6. The highest BCUT2D eigenvalue weighted by atomic mass is 32.2. The van der Waals surface area contributed by atoms with E-state index in [1.807, 2.05) is 39.0 Å². The van der Waals surface area contributed by atoms with Crippen LogP contribution in [0.5, 0.6) is 0 Å². The Labute approximate surface area is 177 Å². The molecular formula is C22H30N4O2S. The van der Waals surface area contributed by atoms with Gasteiger partial charge in [-0.05, 0) is 57.4 Å². The molecule has 1 aromatic carbocycles. The number of nitrogens with zero attached hydrogens (tertiary/aromatic N) is 2. The third-order valence-corrected chi connectivity index (χ3v) is 5.96. The van der Waals surface area contributed by atoms with Crippen molar-refractivity contribution in [2.24, 2.45) is 5.73 Å². The first-order valence-electron chi connectivity index (χ1n) is 9.82. The Bertz CT molecular complexity index is 856. The molecule has 0 saturated carbocycles. The predicted molar refractivity (Wildman–Crippen MR) is 120 cm³/mol. The number of benzene rings is 1. The lowest BCUT2D eigenvalue weighted by molar-refractivity contribution is -0.118. The minimum Gasteiger partial charge on any atom is -0.372 e. The molecule has 6 nitrogen and oxygen atoms in total. The second-order valence-corrected chi connectivity index (χ2v) is 7.86. The summed E-state index contributed by atoms with van der Waals surface area (Å²) < 4.78 is 0. The lowest BCUT2D eigenvalue weighted by Gasteiger charge is -2.23. The second-order valence-electron chi connectivity index (χ2n) is 6.90. The molecule has 2 amide bonds. The van der Waals surface area contributed by atoms with Crippen LogP contribution in [0, 0.1) is 20.8 Å². The Morgan fingerprint density at radius 3 is 2.45 bits per heavy atom. The largest absolute Gasteiger partial charge is 0.372 e. The van der Waals surface area contributed by atoms with Crippen LogP contribution in [0.4, 0.5) is 5.69 Å². The fraction of sp³-hybridized carbons (Fsp3) is 0.409. The molecule has 0 unspecified atom stereocenters. The fourth-order valence-electron chi connectivity index (χ4n) is 3.10. The Kier molecular flexibility index (Phi) is 8.51. The van der Waals surface area contributed by atoms with Gasteiger partial charge in [0.25, 0.3) is 5.91 Å². The van der Waals surface area contributed by atoms with Gasteiger partial charge in [0.15, 0.2) is 0 Å². The summed E-state index contributed by atoms with van der Waals surface area (Å²) in [6.07, 6.45) is 0.854. The number of hydrogen-bond donors (Lipinski definition) is 2. The maximum absolute atomic E-state index is 12.2. The number of aryl methyl sites for hydroxylation is 1. The zero-order chi connectivity index (χ0) is 21.4. The maximum atomic E-state index is 12.2. The Morgan fingerprint density at radius 1 is 1.14 bits per heavy atom. The molecule has 2 aromatic rings. The van der Waals surface area contributed by atoms with E-state index in [9.17, 15) is 9.59 Å². The molecule has 0 aliphatic heterocycles. The van der Waals surface area contributed by atoms with E-state index in [1.54, 1.807) is 0 Å². The van der Waals surface area contributed by atoms with Crippen molar-refractivity contribution in [2.75, 3.05) is 30.3 Å². The smallest absolute Gasteiger partial charge is 0.251 e. The first-order valence-corrected chi connectivity index (χ1v) is 10.8. The van der Waals surface area contributed by atoms with Crippen LogP contribution in [0.1, 0.15) is 40.5 Å². The van der Waals surface area contributed by atoms with E-state index >= 15 is 0 Å². The third-order valence-electron chi connectivity index (χ3n) is 4.98. The quantitative estimate of drug-likeness (QED) is 0.460. The average molecular weight is 415 g/mol. The summed E-state index contributed by atoms with van der Waals surface area (Å²) in [5, 5.41) is 3.47. The molecule has 0 aliphatic carbocycles. The van der Waals surface area contributed by atoms with E-state index in [4.69, 9.17) is 5.73 Å². The van der Waals surface area contributed by atoms with Crippen LogP contribution in [0.15, 0.2) is 35.4 Å². The molecule has 7 heteroatoms. The number of amides is 2. The van der Waals surface area contributed by atoms with Crippen molar-refractivity contribution in [2.45, 2.75) is 39.1 Å². The summed E-state index contributed by atoms with van der Waals surface area (Å²) in [7, 11) is 0. The lowest BCUT2D eigenvalue weighted by Crippen LogP contribution is -2.30. The van der Waals surface area contributed by atoms with Crippen LogP contribution in [0.25, 0.3) is 0 Å². The summed E-state index contributed by atoms with van der Waals surface area (Å²) in [6.45, 7) is 10.2. The predicted octanol–water partition coefficient (Wildman–Crippen LogP) is 3.23. The van der Waals surface area contributed by atoms with Crippen LogP contribution in [-0.4, -0.2) is 42.2 Å². The van der Waals surface area contributed by atoms with Gasteiger partial charge in [-0.15, -0.1) is 0 Å². The average Bonchev–Trinajstić information content (AvgIpc) is 2.70. The second kappa shape index (κ2) is 10.9. The van der Waals surface area contributed by atoms with Crippen LogP contribution in [0.2, 0.25) is 0 Å². The monoisotopic (exact) mass is 414 g/mol. The molecule has 3 N–H and O–H groups in total. The molecule has 0 spiro atoms. The van der Waals surface area contributed by atoms with E-state index in [0.717, 1.165) is 36.3 Å². The van der Waals surface area contributed by atoms with E-state index < -0.39 is 5.91 Å². The molecule has 0 aliphatic rings. The number of anilines is 1. The normalized spacial score (nSPS) is 10.6. The number of carbonyl (C=O) groups excluding carboxylic acids is 2. The molecular weight excluding hydrogens is 384 g/mol. The molecule has 29 heavy (non-hydrogen) atoms. The van der Waals surface area contributed by atoms with E-state index in [1.165, 1.54) is 17.4 Å². The highest BCUT2D eigenvalue weighted by Gasteiger charge is 2.18. The van der Waals surface area contributed by atoms with Gasteiger partial charge in [-0.1, -0.05) is 30.0 Å². The number of para-hydroxylation sites is 1. The molecule has 0 saturated heterocycles. The summed E-state index contributed by atoms with van der Waals surface area (Å²) in [4.78, 5) is 30.8. The van der Waals surface area contributed by atoms with Crippen molar-refractivity contribution in [1.29, 1.82) is 0 Å². The van der Waals surface area contributed by atoms with E-state index in [0.29, 0.717) is 17.1 Å². The van der Waals surface area contributed by atoms with Gasteiger partial charge < -0.3 is 16.0 Å². The van der Waals surface area contributed by atoms with Crippen molar-refractivity contribution >= 4 is 29.3 Å². The highest BCUT2D eigenvalue weighted by Crippen LogP contribution is 2.26. The van der Waals surface area contributed by atoms with Crippen LogP contribution in [-0.2, 0) is 4.79 Å². The van der Waals surface area contributed by atoms with Crippen molar-refractivity contribution in [1.82, 2.24) is 10.3 Å².